The van der Waals surface area contributed by atoms with E-state index in [4.69, 9.17) is 16.3 Å². The monoisotopic (exact) mass is 409 g/mol. The maximum atomic E-state index is 6.56. The predicted octanol–water partition coefficient (Wildman–Crippen LogP) is 4.23. The zero-order chi connectivity index (χ0) is 19.1. The number of nitrogens with zero attached hydrogens (tertiary/aromatic N) is 1. The number of aliphatic imine (C=N–C) groups is 1. The van der Waals surface area contributed by atoms with E-state index in [2.05, 4.69) is 46.4 Å². The summed E-state index contributed by atoms with van der Waals surface area (Å²) < 4.78 is 5.64. The van der Waals surface area contributed by atoms with Crippen molar-refractivity contribution in [3.8, 4) is 0 Å². The Labute approximate surface area is 172 Å². The molecular weight excluding hydrogens is 378 g/mol. The van der Waals surface area contributed by atoms with Gasteiger partial charge >= 0.3 is 0 Å². The van der Waals surface area contributed by atoms with Crippen molar-refractivity contribution in [3.05, 3.63) is 34.9 Å². The fourth-order valence-electron chi connectivity index (χ4n) is 4.29. The molecule has 1 aliphatic carbocycles. The fourth-order valence-corrected chi connectivity index (χ4v) is 5.77. The highest BCUT2D eigenvalue weighted by atomic mass is 35.5. The summed E-state index contributed by atoms with van der Waals surface area (Å²) in [6.45, 7) is 4.61. The van der Waals surface area contributed by atoms with Gasteiger partial charge in [0.2, 0.25) is 0 Å². The molecule has 4 nitrogen and oxygen atoms in total. The molecule has 1 saturated heterocycles. The smallest absolute Gasteiger partial charge is 0.191 e. The molecule has 2 N–H and O–H groups in total. The van der Waals surface area contributed by atoms with Crippen molar-refractivity contribution >= 4 is 29.3 Å². The number of nitrogens with one attached hydrogen (secondary N) is 2. The summed E-state index contributed by atoms with van der Waals surface area (Å²) in [5.74, 6) is 2.10. The van der Waals surface area contributed by atoms with Crippen LogP contribution in [0.25, 0.3) is 0 Å². The summed E-state index contributed by atoms with van der Waals surface area (Å²) >= 11 is 8.65. The predicted molar refractivity (Wildman–Crippen MR) is 117 cm³/mol. The van der Waals surface area contributed by atoms with Gasteiger partial charge in [0.15, 0.2) is 5.96 Å². The number of ether oxygens (including phenoxy) is 1. The Kier molecular flexibility index (Phi) is 7.74. The minimum Gasteiger partial charge on any atom is -0.381 e. The lowest BCUT2D eigenvalue weighted by atomic mass is 9.74. The normalized spacial score (nSPS) is 25.4. The van der Waals surface area contributed by atoms with E-state index >= 15 is 0 Å². The molecule has 0 spiro atoms. The molecule has 2 unspecified atom stereocenters. The van der Waals surface area contributed by atoms with Gasteiger partial charge in [0, 0.05) is 48.5 Å². The third kappa shape index (κ3) is 5.33. The first-order valence-electron chi connectivity index (χ1n) is 10.1. The molecule has 1 heterocycles. The van der Waals surface area contributed by atoms with Crippen molar-refractivity contribution in [1.82, 2.24) is 10.6 Å². The van der Waals surface area contributed by atoms with E-state index in [0.29, 0.717) is 6.04 Å². The molecule has 1 saturated carbocycles. The summed E-state index contributed by atoms with van der Waals surface area (Å²) in [5, 5.41) is 8.87. The first kappa shape index (κ1) is 20.8. The van der Waals surface area contributed by atoms with Crippen molar-refractivity contribution in [2.75, 3.05) is 32.6 Å². The molecule has 150 valence electrons. The Hall–Kier alpha value is -0.910. The maximum Gasteiger partial charge on any atom is 0.191 e. The molecule has 1 aromatic carbocycles. The lowest BCUT2D eigenvalue weighted by Gasteiger charge is -2.39. The topological polar surface area (TPSA) is 45.7 Å². The summed E-state index contributed by atoms with van der Waals surface area (Å²) in [6.07, 6.45) is 5.69. The van der Waals surface area contributed by atoms with E-state index in [9.17, 15) is 0 Å². The highest BCUT2D eigenvalue weighted by molar-refractivity contribution is 7.99. The molecule has 2 fully saturated rings. The van der Waals surface area contributed by atoms with Crippen molar-refractivity contribution in [2.45, 2.75) is 55.7 Å². The first-order valence-corrected chi connectivity index (χ1v) is 11.5. The number of halogens is 1. The van der Waals surface area contributed by atoms with Gasteiger partial charge in [0.25, 0.3) is 0 Å². The van der Waals surface area contributed by atoms with E-state index in [1.54, 1.807) is 0 Å². The van der Waals surface area contributed by atoms with Crippen LogP contribution < -0.4 is 10.6 Å². The van der Waals surface area contributed by atoms with Gasteiger partial charge in [-0.15, -0.1) is 0 Å². The van der Waals surface area contributed by atoms with Crippen LogP contribution in [0.1, 0.15) is 44.6 Å². The molecule has 3 rings (SSSR count). The van der Waals surface area contributed by atoms with Crippen LogP contribution in [-0.4, -0.2) is 49.8 Å². The SMILES string of the molecule is CCSC1CCC(NC(=NC)NCC2(c3ccccc3Cl)CCOCC2)C1. The average molecular weight is 410 g/mol. The molecule has 2 atom stereocenters. The molecular formula is C21H32ClN3OS. The third-order valence-corrected chi connectivity index (χ3v) is 7.40. The highest BCUT2D eigenvalue weighted by Gasteiger charge is 2.36. The van der Waals surface area contributed by atoms with Gasteiger partial charge in [-0.25, -0.2) is 0 Å². The van der Waals surface area contributed by atoms with Crippen LogP contribution >= 0.6 is 23.4 Å². The van der Waals surface area contributed by atoms with Gasteiger partial charge in [-0.05, 0) is 49.5 Å². The van der Waals surface area contributed by atoms with Crippen molar-refractivity contribution in [2.24, 2.45) is 4.99 Å². The lowest BCUT2D eigenvalue weighted by Crippen LogP contribution is -2.50. The Balaban J connectivity index is 1.63. The zero-order valence-electron chi connectivity index (χ0n) is 16.5. The second-order valence-corrected chi connectivity index (χ2v) is 9.51. The van der Waals surface area contributed by atoms with Crippen LogP contribution in [0.4, 0.5) is 0 Å². The summed E-state index contributed by atoms with van der Waals surface area (Å²) in [4.78, 5) is 4.48. The van der Waals surface area contributed by atoms with Crippen molar-refractivity contribution in [3.63, 3.8) is 0 Å². The molecule has 27 heavy (non-hydrogen) atoms. The third-order valence-electron chi connectivity index (χ3n) is 5.84. The Morgan fingerprint density at radius 3 is 2.78 bits per heavy atom. The number of guanidine groups is 1. The van der Waals surface area contributed by atoms with Crippen LogP contribution in [0, 0.1) is 0 Å². The largest absolute Gasteiger partial charge is 0.381 e. The van der Waals surface area contributed by atoms with Crippen LogP contribution in [0.3, 0.4) is 0 Å². The molecule has 0 aromatic heterocycles. The quantitative estimate of drug-likeness (QED) is 0.545. The Morgan fingerprint density at radius 2 is 2.07 bits per heavy atom. The molecule has 2 aliphatic rings. The van der Waals surface area contributed by atoms with E-state index in [0.717, 1.165) is 48.8 Å². The zero-order valence-corrected chi connectivity index (χ0v) is 18.0. The summed E-state index contributed by atoms with van der Waals surface area (Å²) in [6, 6.07) is 8.75. The molecule has 0 amide bonds. The van der Waals surface area contributed by atoms with E-state index < -0.39 is 0 Å². The summed E-state index contributed by atoms with van der Waals surface area (Å²) in [5.41, 5.74) is 1.21. The van der Waals surface area contributed by atoms with Gasteiger partial charge < -0.3 is 15.4 Å². The number of rotatable bonds is 6. The van der Waals surface area contributed by atoms with Gasteiger partial charge in [0.05, 0.1) is 0 Å². The van der Waals surface area contributed by atoms with Crippen LogP contribution in [0.15, 0.2) is 29.3 Å². The summed E-state index contributed by atoms with van der Waals surface area (Å²) in [7, 11) is 1.86. The molecule has 0 radical (unpaired) electrons. The molecule has 0 bridgehead atoms. The van der Waals surface area contributed by atoms with E-state index in [-0.39, 0.29) is 5.41 Å². The van der Waals surface area contributed by atoms with Crippen LogP contribution in [0.2, 0.25) is 5.02 Å². The van der Waals surface area contributed by atoms with Crippen LogP contribution in [-0.2, 0) is 10.2 Å². The Morgan fingerprint density at radius 1 is 1.30 bits per heavy atom. The molecule has 1 aromatic rings. The second kappa shape index (κ2) is 10.0. The van der Waals surface area contributed by atoms with Crippen molar-refractivity contribution in [1.29, 1.82) is 0 Å². The lowest BCUT2D eigenvalue weighted by molar-refractivity contribution is 0.0514. The second-order valence-electron chi connectivity index (χ2n) is 7.53. The number of hydrogen-bond acceptors (Lipinski definition) is 3. The minimum absolute atomic E-state index is 0.00944. The average Bonchev–Trinajstić information content (AvgIpc) is 3.13. The fraction of sp³-hybridized carbons (Fsp3) is 0.667. The van der Waals surface area contributed by atoms with Gasteiger partial charge in [-0.2, -0.15) is 11.8 Å². The van der Waals surface area contributed by atoms with Crippen molar-refractivity contribution < 1.29 is 4.74 Å². The highest BCUT2D eigenvalue weighted by Crippen LogP contribution is 2.38. The number of hydrogen-bond donors (Lipinski definition) is 2. The standard InChI is InChI=1S/C21H32ClN3OS/c1-3-27-17-9-8-16(14-17)25-20(23-2)24-15-21(10-12-26-13-11-21)18-6-4-5-7-19(18)22/h4-7,16-17H,3,8-15H2,1-2H3,(H2,23,24,25). The Bertz CT molecular complexity index is 634. The minimum atomic E-state index is -0.00944. The van der Waals surface area contributed by atoms with Gasteiger partial charge in [-0.1, -0.05) is 36.7 Å². The van der Waals surface area contributed by atoms with Gasteiger partial charge in [0.1, 0.15) is 0 Å². The van der Waals surface area contributed by atoms with Crippen LogP contribution in [0.5, 0.6) is 0 Å². The number of thioether (sulfide) groups is 1. The van der Waals surface area contributed by atoms with Gasteiger partial charge in [-0.3, -0.25) is 4.99 Å². The van der Waals surface area contributed by atoms with E-state index in [1.165, 1.54) is 30.6 Å². The first-order chi connectivity index (χ1) is 13.2. The molecule has 1 aliphatic heterocycles. The number of benzene rings is 1. The molecule has 6 heteroatoms. The van der Waals surface area contributed by atoms with E-state index in [1.807, 2.05) is 19.2 Å². The maximum absolute atomic E-state index is 6.56.